The quantitative estimate of drug-likeness (QED) is 0.420. The molecule has 1 aliphatic heterocycles. The Labute approximate surface area is 185 Å². The number of piperidine rings is 1. The van der Waals surface area contributed by atoms with E-state index in [1.54, 1.807) is 12.1 Å². The molecule has 4 nitrogen and oxygen atoms in total. The lowest BCUT2D eigenvalue weighted by atomic mass is 9.90. The number of aryl methyl sites for hydroxylation is 1. The van der Waals surface area contributed by atoms with Crippen molar-refractivity contribution < 1.29 is 9.18 Å². The van der Waals surface area contributed by atoms with Gasteiger partial charge in [0, 0.05) is 30.5 Å². The first kappa shape index (κ1) is 19.9. The second kappa shape index (κ2) is 8.27. The van der Waals surface area contributed by atoms with Gasteiger partial charge >= 0.3 is 0 Å². The maximum atomic E-state index is 13.2. The monoisotopic (exact) mass is 433 g/mol. The highest BCUT2D eigenvalue weighted by Crippen LogP contribution is 2.30. The summed E-state index contributed by atoms with van der Waals surface area (Å²) in [5.74, 6) is 0.474. The van der Waals surface area contributed by atoms with Crippen molar-refractivity contribution in [3.8, 4) is 11.3 Å². The number of fused-ring (bicyclic) bond motifs is 1. The van der Waals surface area contributed by atoms with Gasteiger partial charge in [-0.3, -0.25) is 9.20 Å². The van der Waals surface area contributed by atoms with Crippen LogP contribution in [0.15, 0.2) is 60.8 Å². The summed E-state index contributed by atoms with van der Waals surface area (Å²) in [5, 5.41) is 0. The first-order chi connectivity index (χ1) is 15.1. The predicted octanol–water partition coefficient (Wildman–Crippen LogP) is 5.61. The molecule has 0 bridgehead atoms. The third kappa shape index (κ3) is 4.00. The topological polar surface area (TPSA) is 37.6 Å². The number of hydrogen-bond donors (Lipinski definition) is 0. The fourth-order valence-corrected chi connectivity index (χ4v) is 5.42. The van der Waals surface area contributed by atoms with E-state index in [0.717, 1.165) is 59.1 Å². The molecule has 0 saturated carbocycles. The van der Waals surface area contributed by atoms with Crippen LogP contribution in [-0.4, -0.2) is 33.3 Å². The largest absolute Gasteiger partial charge is 0.338 e. The zero-order valence-corrected chi connectivity index (χ0v) is 18.2. The van der Waals surface area contributed by atoms with Gasteiger partial charge in [0.25, 0.3) is 5.91 Å². The Morgan fingerprint density at radius 3 is 2.48 bits per heavy atom. The zero-order chi connectivity index (χ0) is 21.4. The van der Waals surface area contributed by atoms with E-state index in [0.29, 0.717) is 5.92 Å². The number of carbonyl (C=O) groups is 1. The zero-order valence-electron chi connectivity index (χ0n) is 17.4. The lowest BCUT2D eigenvalue weighted by Gasteiger charge is -2.32. The van der Waals surface area contributed by atoms with E-state index in [9.17, 15) is 9.18 Å². The number of nitrogens with zero attached hydrogens (tertiary/aromatic N) is 3. The van der Waals surface area contributed by atoms with Gasteiger partial charge in [0.2, 0.25) is 0 Å². The van der Waals surface area contributed by atoms with Crippen LogP contribution >= 0.6 is 11.3 Å². The molecule has 158 valence electrons. The number of aromatic nitrogens is 2. The van der Waals surface area contributed by atoms with Gasteiger partial charge in [0.1, 0.15) is 10.7 Å². The Bertz CT molecular complexity index is 1210. The minimum absolute atomic E-state index is 0.106. The molecule has 6 heteroatoms. The van der Waals surface area contributed by atoms with E-state index in [4.69, 9.17) is 0 Å². The van der Waals surface area contributed by atoms with Crippen LogP contribution in [0.3, 0.4) is 0 Å². The highest BCUT2D eigenvalue weighted by Gasteiger charge is 2.27. The van der Waals surface area contributed by atoms with E-state index in [2.05, 4.69) is 29.2 Å². The van der Waals surface area contributed by atoms with Gasteiger partial charge in [-0.2, -0.15) is 0 Å². The second-order valence-electron chi connectivity index (χ2n) is 8.23. The van der Waals surface area contributed by atoms with Crippen LogP contribution in [0.4, 0.5) is 4.39 Å². The van der Waals surface area contributed by atoms with Gasteiger partial charge < -0.3 is 4.90 Å². The molecule has 1 aliphatic rings. The molecule has 0 spiro atoms. The highest BCUT2D eigenvalue weighted by molar-refractivity contribution is 7.19. The summed E-state index contributed by atoms with van der Waals surface area (Å²) in [7, 11) is 0. The van der Waals surface area contributed by atoms with Gasteiger partial charge in [-0.1, -0.05) is 41.7 Å². The third-order valence-electron chi connectivity index (χ3n) is 6.16. The Kier molecular flexibility index (Phi) is 5.32. The van der Waals surface area contributed by atoms with Crippen LogP contribution in [0, 0.1) is 18.7 Å². The summed E-state index contributed by atoms with van der Waals surface area (Å²) >= 11 is 1.43. The van der Waals surface area contributed by atoms with Crippen LogP contribution < -0.4 is 0 Å². The number of halogens is 1. The lowest BCUT2D eigenvalue weighted by molar-refractivity contribution is 0.0694. The molecule has 0 atom stereocenters. The molecule has 2 aromatic carbocycles. The van der Waals surface area contributed by atoms with Gasteiger partial charge in [-0.05, 0) is 61.9 Å². The van der Waals surface area contributed by atoms with Gasteiger partial charge in [-0.25, -0.2) is 9.37 Å². The van der Waals surface area contributed by atoms with E-state index in [1.165, 1.54) is 29.0 Å². The van der Waals surface area contributed by atoms with Crippen molar-refractivity contribution in [3.05, 3.63) is 82.7 Å². The maximum Gasteiger partial charge on any atom is 0.265 e. The van der Waals surface area contributed by atoms with Crippen molar-refractivity contribution in [2.75, 3.05) is 13.1 Å². The summed E-state index contributed by atoms with van der Waals surface area (Å²) in [6.07, 6.45) is 5.09. The molecule has 31 heavy (non-hydrogen) atoms. The van der Waals surface area contributed by atoms with Crippen LogP contribution in [-0.2, 0) is 6.42 Å². The number of hydrogen-bond acceptors (Lipinski definition) is 3. The van der Waals surface area contributed by atoms with Crippen LogP contribution in [0.5, 0.6) is 0 Å². The van der Waals surface area contributed by atoms with Crippen molar-refractivity contribution in [1.29, 1.82) is 0 Å². The number of thiazole rings is 1. The van der Waals surface area contributed by atoms with Gasteiger partial charge in [0.15, 0.2) is 4.96 Å². The second-order valence-corrected chi connectivity index (χ2v) is 9.21. The molecule has 5 rings (SSSR count). The molecular formula is C25H24FN3OS. The third-order valence-corrected chi connectivity index (χ3v) is 7.30. The van der Waals surface area contributed by atoms with Crippen molar-refractivity contribution in [3.63, 3.8) is 0 Å². The average molecular weight is 434 g/mol. The van der Waals surface area contributed by atoms with Crippen LogP contribution in [0.1, 0.15) is 33.8 Å². The standard InChI is InChI=1S/C25H24FN3OS/c1-17-23(31-25-27-22(16-29(17)25)20-7-9-21(26)10-8-20)24(30)28-13-11-19(12-14-28)15-18-5-3-2-4-6-18/h2-10,16,19H,11-15H2,1H3. The molecule has 1 saturated heterocycles. The SMILES string of the molecule is Cc1c(C(=O)N2CCC(Cc3ccccc3)CC2)sc2nc(-c3ccc(F)cc3)cn12. The number of imidazole rings is 1. The van der Waals surface area contributed by atoms with Gasteiger partial charge in [0.05, 0.1) is 5.69 Å². The molecule has 0 radical (unpaired) electrons. The molecule has 0 aliphatic carbocycles. The average Bonchev–Trinajstić information content (AvgIpc) is 3.34. The number of benzene rings is 2. The first-order valence-corrected chi connectivity index (χ1v) is 11.5. The highest BCUT2D eigenvalue weighted by atomic mass is 32.1. The lowest BCUT2D eigenvalue weighted by Crippen LogP contribution is -2.38. The van der Waals surface area contributed by atoms with Crippen LogP contribution in [0.2, 0.25) is 0 Å². The Morgan fingerprint density at radius 2 is 1.81 bits per heavy atom. The Hall–Kier alpha value is -2.99. The number of carbonyl (C=O) groups excluding carboxylic acids is 1. The first-order valence-electron chi connectivity index (χ1n) is 10.7. The summed E-state index contributed by atoms with van der Waals surface area (Å²) in [5.41, 5.74) is 3.94. The van der Waals surface area contributed by atoms with E-state index in [1.807, 2.05) is 28.5 Å². The van der Waals surface area contributed by atoms with Crippen molar-refractivity contribution in [2.45, 2.75) is 26.2 Å². The van der Waals surface area contributed by atoms with E-state index < -0.39 is 0 Å². The molecule has 0 unspecified atom stereocenters. The Balaban J connectivity index is 1.28. The molecule has 1 fully saturated rings. The summed E-state index contributed by atoms with van der Waals surface area (Å²) in [6.45, 7) is 3.57. The Morgan fingerprint density at radius 1 is 1.10 bits per heavy atom. The fourth-order valence-electron chi connectivity index (χ4n) is 4.34. The predicted molar refractivity (Wildman–Crippen MR) is 122 cm³/mol. The smallest absolute Gasteiger partial charge is 0.265 e. The molecular weight excluding hydrogens is 409 g/mol. The van der Waals surface area contributed by atoms with E-state index >= 15 is 0 Å². The van der Waals surface area contributed by atoms with Crippen LogP contribution in [0.25, 0.3) is 16.2 Å². The fraction of sp³-hybridized carbons (Fsp3) is 0.280. The van der Waals surface area contributed by atoms with Crippen molar-refractivity contribution >= 4 is 22.2 Å². The van der Waals surface area contributed by atoms with Gasteiger partial charge in [-0.15, -0.1) is 0 Å². The molecule has 1 amide bonds. The maximum absolute atomic E-state index is 13.2. The number of likely N-dealkylation sites (tertiary alicyclic amines) is 1. The van der Waals surface area contributed by atoms with E-state index in [-0.39, 0.29) is 11.7 Å². The van der Waals surface area contributed by atoms with Crippen molar-refractivity contribution in [2.24, 2.45) is 5.92 Å². The molecule has 2 aromatic heterocycles. The normalized spacial score (nSPS) is 15.0. The number of amides is 1. The summed E-state index contributed by atoms with van der Waals surface area (Å²) in [4.78, 5) is 21.4. The summed E-state index contributed by atoms with van der Waals surface area (Å²) < 4.78 is 15.2. The van der Waals surface area contributed by atoms with Crippen molar-refractivity contribution in [1.82, 2.24) is 14.3 Å². The minimum atomic E-state index is -0.263. The molecule has 0 N–H and O–H groups in total. The summed E-state index contributed by atoms with van der Waals surface area (Å²) in [6, 6.07) is 16.9. The number of rotatable bonds is 4. The minimum Gasteiger partial charge on any atom is -0.338 e. The molecule has 4 aromatic rings. The molecule has 3 heterocycles.